The first-order valence-electron chi connectivity index (χ1n) is 6.49. The number of para-hydroxylation sites is 1. The van der Waals surface area contributed by atoms with Crippen LogP contribution in [0.25, 0.3) is 0 Å². The lowest BCUT2D eigenvalue weighted by Crippen LogP contribution is -2.32. The van der Waals surface area contributed by atoms with Crippen molar-refractivity contribution < 1.29 is 0 Å². The molecular formula is C14H20N2. The van der Waals surface area contributed by atoms with Crippen LogP contribution in [0.3, 0.4) is 0 Å². The van der Waals surface area contributed by atoms with Crippen molar-refractivity contribution in [2.75, 3.05) is 37.6 Å². The first kappa shape index (κ1) is 10.2. The lowest BCUT2D eigenvalue weighted by Gasteiger charge is -2.23. The molecule has 2 aliphatic heterocycles. The molecule has 1 aromatic carbocycles. The molecule has 0 aliphatic carbocycles. The van der Waals surface area contributed by atoms with Gasteiger partial charge in [-0.25, -0.2) is 0 Å². The van der Waals surface area contributed by atoms with Crippen molar-refractivity contribution in [3.8, 4) is 0 Å². The van der Waals surface area contributed by atoms with Gasteiger partial charge in [0.25, 0.3) is 0 Å². The van der Waals surface area contributed by atoms with Crippen molar-refractivity contribution in [1.29, 1.82) is 0 Å². The van der Waals surface area contributed by atoms with Gasteiger partial charge in [0.15, 0.2) is 0 Å². The molecule has 1 saturated heterocycles. The standard InChI is InChI=1S/C14H20N2/c1-2-6-14-13(5-1)7-10-16(14)12-11-15-8-3-4-9-15/h1-2,5-6H,3-4,7-12H2. The zero-order chi connectivity index (χ0) is 10.8. The summed E-state index contributed by atoms with van der Waals surface area (Å²) in [7, 11) is 0. The number of rotatable bonds is 3. The van der Waals surface area contributed by atoms with Gasteiger partial charge in [-0.2, -0.15) is 0 Å². The van der Waals surface area contributed by atoms with Crippen molar-refractivity contribution >= 4 is 5.69 Å². The highest BCUT2D eigenvalue weighted by molar-refractivity contribution is 5.57. The summed E-state index contributed by atoms with van der Waals surface area (Å²) in [5.41, 5.74) is 3.01. The maximum atomic E-state index is 2.60. The van der Waals surface area contributed by atoms with Crippen LogP contribution in [0.1, 0.15) is 18.4 Å². The molecule has 0 aromatic heterocycles. The molecule has 0 N–H and O–H groups in total. The molecule has 2 heterocycles. The second-order valence-corrected chi connectivity index (χ2v) is 4.91. The molecule has 0 unspecified atom stereocenters. The predicted octanol–water partition coefficient (Wildman–Crippen LogP) is 2.14. The van der Waals surface area contributed by atoms with E-state index in [1.54, 1.807) is 0 Å². The van der Waals surface area contributed by atoms with Gasteiger partial charge in [-0.3, -0.25) is 0 Å². The summed E-state index contributed by atoms with van der Waals surface area (Å²) in [5.74, 6) is 0. The van der Waals surface area contributed by atoms with Crippen molar-refractivity contribution in [3.63, 3.8) is 0 Å². The minimum atomic E-state index is 1.21. The van der Waals surface area contributed by atoms with Gasteiger partial charge in [-0.15, -0.1) is 0 Å². The van der Waals surface area contributed by atoms with Crippen LogP contribution < -0.4 is 4.90 Å². The number of hydrogen-bond acceptors (Lipinski definition) is 2. The molecule has 2 heteroatoms. The molecule has 2 aliphatic rings. The summed E-state index contributed by atoms with van der Waals surface area (Å²) in [6.07, 6.45) is 4.03. The Bertz CT molecular complexity index is 356. The van der Waals surface area contributed by atoms with E-state index in [4.69, 9.17) is 0 Å². The Morgan fingerprint density at radius 3 is 2.62 bits per heavy atom. The van der Waals surface area contributed by atoms with E-state index >= 15 is 0 Å². The molecule has 0 saturated carbocycles. The van der Waals surface area contributed by atoms with Gasteiger partial charge in [-0.1, -0.05) is 18.2 Å². The van der Waals surface area contributed by atoms with Gasteiger partial charge in [0.1, 0.15) is 0 Å². The van der Waals surface area contributed by atoms with Crippen molar-refractivity contribution in [1.82, 2.24) is 4.90 Å². The maximum Gasteiger partial charge on any atom is 0.0399 e. The van der Waals surface area contributed by atoms with E-state index in [9.17, 15) is 0 Å². The smallest absolute Gasteiger partial charge is 0.0399 e. The third-order valence-corrected chi connectivity index (χ3v) is 3.87. The van der Waals surface area contributed by atoms with Crippen LogP contribution in [-0.2, 0) is 6.42 Å². The van der Waals surface area contributed by atoms with Gasteiger partial charge in [0.2, 0.25) is 0 Å². The Morgan fingerprint density at radius 1 is 0.938 bits per heavy atom. The molecule has 0 amide bonds. The average Bonchev–Trinajstić information content (AvgIpc) is 2.96. The molecule has 2 nitrogen and oxygen atoms in total. The SMILES string of the molecule is c1ccc2c(c1)CCN2CCN1CCCC1. The highest BCUT2D eigenvalue weighted by Crippen LogP contribution is 2.27. The Morgan fingerprint density at radius 2 is 1.75 bits per heavy atom. The molecule has 1 aromatic rings. The normalized spacial score (nSPS) is 20.4. The number of nitrogens with zero attached hydrogens (tertiary/aromatic N) is 2. The zero-order valence-corrected chi connectivity index (χ0v) is 9.86. The van der Waals surface area contributed by atoms with Crippen LogP contribution in [0.15, 0.2) is 24.3 Å². The highest BCUT2D eigenvalue weighted by Gasteiger charge is 2.19. The molecule has 1 fully saturated rings. The summed E-state index contributed by atoms with van der Waals surface area (Å²) in [5, 5.41) is 0. The van der Waals surface area contributed by atoms with Crippen LogP contribution >= 0.6 is 0 Å². The number of hydrogen-bond donors (Lipinski definition) is 0. The first-order chi connectivity index (χ1) is 7.93. The second kappa shape index (κ2) is 4.46. The van der Waals surface area contributed by atoms with Crippen LogP contribution in [0.4, 0.5) is 5.69 Å². The third kappa shape index (κ3) is 1.94. The fourth-order valence-corrected chi connectivity index (χ4v) is 2.91. The summed E-state index contributed by atoms with van der Waals surface area (Å²) >= 11 is 0. The summed E-state index contributed by atoms with van der Waals surface area (Å²) in [6, 6.07) is 8.85. The molecule has 0 radical (unpaired) electrons. The summed E-state index contributed by atoms with van der Waals surface area (Å²) in [4.78, 5) is 5.15. The van der Waals surface area contributed by atoms with Crippen LogP contribution in [-0.4, -0.2) is 37.6 Å². The Balaban J connectivity index is 1.60. The monoisotopic (exact) mass is 216 g/mol. The van der Waals surface area contributed by atoms with E-state index in [1.165, 1.54) is 63.2 Å². The molecule has 16 heavy (non-hydrogen) atoms. The second-order valence-electron chi connectivity index (χ2n) is 4.91. The largest absolute Gasteiger partial charge is 0.370 e. The van der Waals surface area contributed by atoms with Gasteiger partial charge < -0.3 is 9.80 Å². The van der Waals surface area contributed by atoms with E-state index in [1.807, 2.05) is 0 Å². The first-order valence-corrected chi connectivity index (χ1v) is 6.49. The predicted molar refractivity (Wildman–Crippen MR) is 68.0 cm³/mol. The van der Waals surface area contributed by atoms with E-state index in [0.717, 1.165) is 0 Å². The fourth-order valence-electron chi connectivity index (χ4n) is 2.91. The Hall–Kier alpha value is -1.02. The van der Waals surface area contributed by atoms with Crippen LogP contribution in [0, 0.1) is 0 Å². The zero-order valence-electron chi connectivity index (χ0n) is 9.86. The van der Waals surface area contributed by atoms with Crippen LogP contribution in [0.2, 0.25) is 0 Å². The lowest BCUT2D eigenvalue weighted by molar-refractivity contribution is 0.345. The lowest BCUT2D eigenvalue weighted by atomic mass is 10.2. The molecular weight excluding hydrogens is 196 g/mol. The highest BCUT2D eigenvalue weighted by atomic mass is 15.2. The summed E-state index contributed by atoms with van der Waals surface area (Å²) < 4.78 is 0. The molecule has 0 bridgehead atoms. The topological polar surface area (TPSA) is 6.48 Å². The number of fused-ring (bicyclic) bond motifs is 1. The van der Waals surface area contributed by atoms with Gasteiger partial charge in [0, 0.05) is 25.3 Å². The van der Waals surface area contributed by atoms with E-state index in [-0.39, 0.29) is 0 Å². The van der Waals surface area contributed by atoms with Crippen molar-refractivity contribution in [3.05, 3.63) is 29.8 Å². The fraction of sp³-hybridized carbons (Fsp3) is 0.571. The quantitative estimate of drug-likeness (QED) is 0.764. The molecule has 3 rings (SSSR count). The molecule has 86 valence electrons. The van der Waals surface area contributed by atoms with Gasteiger partial charge in [-0.05, 0) is 44.0 Å². The Kier molecular flexibility index (Phi) is 2.83. The van der Waals surface area contributed by atoms with Gasteiger partial charge >= 0.3 is 0 Å². The van der Waals surface area contributed by atoms with E-state index in [2.05, 4.69) is 34.1 Å². The summed E-state index contributed by atoms with van der Waals surface area (Å²) in [6.45, 7) is 6.30. The number of anilines is 1. The van der Waals surface area contributed by atoms with Crippen LogP contribution in [0.5, 0.6) is 0 Å². The number of likely N-dealkylation sites (tertiary alicyclic amines) is 1. The minimum Gasteiger partial charge on any atom is -0.370 e. The minimum absolute atomic E-state index is 1.21. The van der Waals surface area contributed by atoms with E-state index in [0.29, 0.717) is 0 Å². The van der Waals surface area contributed by atoms with Crippen molar-refractivity contribution in [2.24, 2.45) is 0 Å². The molecule has 0 spiro atoms. The third-order valence-electron chi connectivity index (χ3n) is 3.87. The Labute approximate surface area is 97.9 Å². The van der Waals surface area contributed by atoms with Gasteiger partial charge in [0.05, 0.1) is 0 Å². The van der Waals surface area contributed by atoms with E-state index < -0.39 is 0 Å². The maximum absolute atomic E-state index is 2.60. The van der Waals surface area contributed by atoms with Crippen molar-refractivity contribution in [2.45, 2.75) is 19.3 Å². The molecule has 0 atom stereocenters. The number of benzene rings is 1. The average molecular weight is 216 g/mol.